The summed E-state index contributed by atoms with van der Waals surface area (Å²) in [6.45, 7) is 2.11. The van der Waals surface area contributed by atoms with E-state index in [0.29, 0.717) is 6.42 Å². The molecular formula is C22H39NaO7S2. The molecule has 182 valence electrons. The molecule has 0 spiro atoms. The van der Waals surface area contributed by atoms with E-state index in [1.807, 2.05) is 0 Å². The first-order valence-corrected chi connectivity index (χ1v) is 14.1. The summed E-state index contributed by atoms with van der Waals surface area (Å²) in [6, 6.07) is 7.49. The van der Waals surface area contributed by atoms with Crippen LogP contribution in [0.4, 0.5) is 0 Å². The Balaban J connectivity index is 0.00000961. The summed E-state index contributed by atoms with van der Waals surface area (Å²) in [5.74, 6) is -0.0512. The van der Waals surface area contributed by atoms with Gasteiger partial charge in [0.2, 0.25) is 0 Å². The SMILES string of the molecule is CCCCCCCCCCCCCCCCOS(=O)(=O)OS(=O)(=O)Oc1ccccc1.[NaH]. The maximum atomic E-state index is 11.7. The zero-order valence-electron chi connectivity index (χ0n) is 18.7. The van der Waals surface area contributed by atoms with Crippen LogP contribution in [0.3, 0.4) is 0 Å². The summed E-state index contributed by atoms with van der Waals surface area (Å²) in [5.41, 5.74) is 0. The van der Waals surface area contributed by atoms with Crippen molar-refractivity contribution in [1.82, 2.24) is 0 Å². The monoisotopic (exact) mass is 502 g/mol. The van der Waals surface area contributed by atoms with E-state index in [0.717, 1.165) is 19.3 Å². The molecule has 0 N–H and O–H groups in total. The number of unbranched alkanes of at least 4 members (excludes halogenated alkanes) is 13. The Kier molecular flexibility index (Phi) is 19.1. The van der Waals surface area contributed by atoms with Gasteiger partial charge in [-0.15, -0.1) is 0 Å². The first kappa shape index (κ1) is 31.8. The molecule has 0 saturated carbocycles. The quantitative estimate of drug-likeness (QED) is 0.173. The van der Waals surface area contributed by atoms with Gasteiger partial charge in [-0.05, 0) is 18.6 Å². The molecule has 7 nitrogen and oxygen atoms in total. The predicted octanol–water partition coefficient (Wildman–Crippen LogP) is 5.42. The standard InChI is InChI=1S/C22H38O7S2.Na.H/c1-2-3-4-5-6-7-8-9-10-11-12-13-14-18-21-27-30(23,24)29-31(25,26)28-22-19-16-15-17-20-22;;/h15-17,19-20H,2-14,18,21H2,1H3;;. The van der Waals surface area contributed by atoms with Crippen molar-refractivity contribution in [1.29, 1.82) is 0 Å². The van der Waals surface area contributed by atoms with Crippen LogP contribution in [-0.2, 0) is 28.6 Å². The second kappa shape index (κ2) is 19.2. The fraction of sp³-hybridized carbons (Fsp3) is 0.727. The molecule has 0 radical (unpaired) electrons. The van der Waals surface area contributed by atoms with Gasteiger partial charge in [-0.25, -0.2) is 4.18 Å². The van der Waals surface area contributed by atoms with Gasteiger partial charge in [-0.1, -0.05) is 112 Å². The molecule has 0 aliphatic carbocycles. The fourth-order valence-corrected chi connectivity index (χ4v) is 4.94. The van der Waals surface area contributed by atoms with Gasteiger partial charge in [-0.2, -0.15) is 16.8 Å². The van der Waals surface area contributed by atoms with Gasteiger partial charge in [0.1, 0.15) is 5.75 Å². The second-order valence-corrected chi connectivity index (χ2v) is 10.3. The number of benzene rings is 1. The van der Waals surface area contributed by atoms with Crippen molar-refractivity contribution in [2.24, 2.45) is 0 Å². The van der Waals surface area contributed by atoms with Crippen molar-refractivity contribution in [3.05, 3.63) is 30.3 Å². The minimum absolute atomic E-state index is 0. The summed E-state index contributed by atoms with van der Waals surface area (Å²) in [4.78, 5) is 0. The van der Waals surface area contributed by atoms with Crippen molar-refractivity contribution < 1.29 is 28.8 Å². The van der Waals surface area contributed by atoms with Gasteiger partial charge >= 0.3 is 50.4 Å². The Bertz CT molecular complexity index is 769. The third kappa shape index (κ3) is 18.3. The van der Waals surface area contributed by atoms with Crippen LogP contribution in [0.1, 0.15) is 96.8 Å². The molecule has 0 fully saturated rings. The molecule has 0 aromatic heterocycles. The van der Waals surface area contributed by atoms with Crippen molar-refractivity contribution in [3.63, 3.8) is 0 Å². The van der Waals surface area contributed by atoms with Crippen LogP contribution in [0.5, 0.6) is 5.75 Å². The van der Waals surface area contributed by atoms with E-state index in [4.69, 9.17) is 0 Å². The summed E-state index contributed by atoms with van der Waals surface area (Å²) < 4.78 is 59.9. The van der Waals surface area contributed by atoms with Gasteiger partial charge in [0.15, 0.2) is 0 Å². The van der Waals surface area contributed by atoms with Crippen LogP contribution in [0.2, 0.25) is 0 Å². The molecule has 0 amide bonds. The van der Waals surface area contributed by atoms with E-state index in [2.05, 4.69) is 18.9 Å². The zero-order valence-corrected chi connectivity index (χ0v) is 20.3. The van der Waals surface area contributed by atoms with Crippen LogP contribution in [-0.4, -0.2) is 53.0 Å². The number of hydrogen-bond donors (Lipinski definition) is 0. The molecule has 1 aromatic rings. The Hall–Kier alpha value is -0.160. The maximum absolute atomic E-state index is 11.7. The number of para-hydroxylation sites is 1. The molecule has 10 heteroatoms. The van der Waals surface area contributed by atoms with Gasteiger partial charge < -0.3 is 4.18 Å². The van der Waals surface area contributed by atoms with E-state index in [-0.39, 0.29) is 41.9 Å². The Morgan fingerprint density at radius 3 is 1.53 bits per heavy atom. The fourth-order valence-electron chi connectivity index (χ4n) is 3.19. The van der Waals surface area contributed by atoms with Crippen molar-refractivity contribution in [2.45, 2.75) is 96.8 Å². The van der Waals surface area contributed by atoms with Crippen molar-refractivity contribution >= 4 is 50.4 Å². The third-order valence-corrected chi connectivity index (χ3v) is 7.02. The molecule has 0 heterocycles. The third-order valence-electron chi connectivity index (χ3n) is 4.83. The van der Waals surface area contributed by atoms with E-state index in [9.17, 15) is 16.8 Å². The number of rotatable bonds is 20. The first-order chi connectivity index (χ1) is 14.8. The molecule has 0 bridgehead atoms. The topological polar surface area (TPSA) is 96.0 Å². The van der Waals surface area contributed by atoms with E-state index in [1.54, 1.807) is 18.2 Å². The number of hydrogen-bond acceptors (Lipinski definition) is 7. The predicted molar refractivity (Wildman–Crippen MR) is 129 cm³/mol. The molecule has 1 rings (SSSR count). The second-order valence-electron chi connectivity index (χ2n) is 7.70. The normalized spacial score (nSPS) is 11.8. The average Bonchev–Trinajstić information content (AvgIpc) is 2.70. The van der Waals surface area contributed by atoms with E-state index < -0.39 is 20.8 Å². The van der Waals surface area contributed by atoms with Crippen LogP contribution in [0.25, 0.3) is 0 Å². The van der Waals surface area contributed by atoms with Gasteiger partial charge in [0.05, 0.1) is 6.61 Å². The molecular weight excluding hydrogens is 463 g/mol. The van der Waals surface area contributed by atoms with E-state index in [1.165, 1.54) is 76.3 Å². The average molecular weight is 503 g/mol. The summed E-state index contributed by atoms with van der Waals surface area (Å²) in [5, 5.41) is 0. The molecule has 1 aromatic carbocycles. The molecule has 0 unspecified atom stereocenters. The molecule has 0 aliphatic rings. The van der Waals surface area contributed by atoms with Gasteiger partial charge in [-0.3, -0.25) is 0 Å². The summed E-state index contributed by atoms with van der Waals surface area (Å²) in [7, 11) is -9.47. The van der Waals surface area contributed by atoms with Gasteiger partial charge in [0.25, 0.3) is 0 Å². The van der Waals surface area contributed by atoms with Crippen LogP contribution >= 0.6 is 0 Å². The van der Waals surface area contributed by atoms with Gasteiger partial charge in [0, 0.05) is 0 Å². The first-order valence-electron chi connectivity index (χ1n) is 11.4. The van der Waals surface area contributed by atoms with Crippen LogP contribution in [0.15, 0.2) is 30.3 Å². The molecule has 0 aliphatic heterocycles. The van der Waals surface area contributed by atoms with Crippen LogP contribution < -0.4 is 4.18 Å². The van der Waals surface area contributed by atoms with Crippen molar-refractivity contribution in [2.75, 3.05) is 6.61 Å². The Morgan fingerprint density at radius 1 is 0.625 bits per heavy atom. The molecule has 0 saturated heterocycles. The summed E-state index contributed by atoms with van der Waals surface area (Å²) >= 11 is 0. The molecule has 0 atom stereocenters. The van der Waals surface area contributed by atoms with Crippen LogP contribution in [0, 0.1) is 0 Å². The summed E-state index contributed by atoms with van der Waals surface area (Å²) in [6.07, 6.45) is 16.5. The Labute approximate surface area is 217 Å². The van der Waals surface area contributed by atoms with E-state index >= 15 is 0 Å². The Morgan fingerprint density at radius 2 is 1.06 bits per heavy atom. The molecule has 32 heavy (non-hydrogen) atoms. The van der Waals surface area contributed by atoms with Crippen molar-refractivity contribution in [3.8, 4) is 5.75 Å². The minimum atomic E-state index is -4.78. The zero-order chi connectivity index (χ0) is 22.8.